The monoisotopic (exact) mass is 346 g/mol. The highest BCUT2D eigenvalue weighted by Crippen LogP contribution is 2.26. The van der Waals surface area contributed by atoms with Crippen LogP contribution in [-0.2, 0) is 0 Å². The quantitative estimate of drug-likeness (QED) is 0.710. The molecule has 0 radical (unpaired) electrons. The van der Waals surface area contributed by atoms with Gasteiger partial charge in [0.05, 0.1) is 0 Å². The molecule has 0 spiro atoms. The second-order valence-corrected chi connectivity index (χ2v) is 6.42. The number of nitrogens with one attached hydrogen (secondary N) is 1. The summed E-state index contributed by atoms with van der Waals surface area (Å²) in [6.45, 7) is 4.07. The summed E-state index contributed by atoms with van der Waals surface area (Å²) in [5.41, 5.74) is 0.968. The van der Waals surface area contributed by atoms with E-state index in [1.54, 1.807) is 0 Å². The number of nitrogens with zero attached hydrogens (tertiary/aromatic N) is 3. The maximum Gasteiger partial charge on any atom is 0.136 e. The molecule has 1 N–H and O–H groups in total. The minimum atomic E-state index is 0.779. The van der Waals surface area contributed by atoms with E-state index in [2.05, 4.69) is 20.2 Å². The first-order valence-corrected chi connectivity index (χ1v) is 8.97. The van der Waals surface area contributed by atoms with Gasteiger partial charge in [-0.15, -0.1) is 0 Å². The number of hydrogen-bond donors (Lipinski definition) is 1. The molecule has 1 aliphatic rings. The second kappa shape index (κ2) is 7.44. The minimum absolute atomic E-state index is 0.779. The summed E-state index contributed by atoms with van der Waals surface area (Å²) in [6, 6.07) is 19.7. The van der Waals surface area contributed by atoms with Crippen LogP contribution in [0.3, 0.4) is 0 Å². The SMILES string of the molecule is Cc1nc(Nc2ccc(Oc3ccccc3)cc2)cc(N2CCCC2)n1. The molecule has 0 saturated carbocycles. The van der Waals surface area contributed by atoms with E-state index < -0.39 is 0 Å². The summed E-state index contributed by atoms with van der Waals surface area (Å²) < 4.78 is 5.83. The Balaban J connectivity index is 1.47. The summed E-state index contributed by atoms with van der Waals surface area (Å²) in [5, 5.41) is 3.37. The van der Waals surface area contributed by atoms with E-state index in [0.29, 0.717) is 0 Å². The third-order valence-corrected chi connectivity index (χ3v) is 4.36. The molecule has 0 amide bonds. The highest BCUT2D eigenvalue weighted by Gasteiger charge is 2.15. The van der Waals surface area contributed by atoms with Gasteiger partial charge in [-0.3, -0.25) is 0 Å². The van der Waals surface area contributed by atoms with Crippen LogP contribution in [0.4, 0.5) is 17.3 Å². The van der Waals surface area contributed by atoms with E-state index in [0.717, 1.165) is 47.7 Å². The molecule has 132 valence electrons. The van der Waals surface area contributed by atoms with Crippen LogP contribution in [0.15, 0.2) is 60.7 Å². The molecular weight excluding hydrogens is 324 g/mol. The van der Waals surface area contributed by atoms with Crippen molar-refractivity contribution >= 4 is 17.3 Å². The van der Waals surface area contributed by atoms with E-state index in [4.69, 9.17) is 4.74 Å². The predicted molar refractivity (Wildman–Crippen MR) is 104 cm³/mol. The lowest BCUT2D eigenvalue weighted by Gasteiger charge is -2.18. The van der Waals surface area contributed by atoms with Gasteiger partial charge in [-0.2, -0.15) is 0 Å². The predicted octanol–water partition coefficient (Wildman–Crippen LogP) is 4.92. The lowest BCUT2D eigenvalue weighted by atomic mass is 10.3. The summed E-state index contributed by atoms with van der Waals surface area (Å²) >= 11 is 0. The van der Waals surface area contributed by atoms with Crippen molar-refractivity contribution in [2.45, 2.75) is 19.8 Å². The van der Waals surface area contributed by atoms with Gasteiger partial charge in [0, 0.05) is 24.8 Å². The number of benzene rings is 2. The van der Waals surface area contributed by atoms with E-state index in [1.165, 1.54) is 12.8 Å². The first kappa shape index (κ1) is 16.4. The number of hydrogen-bond acceptors (Lipinski definition) is 5. The van der Waals surface area contributed by atoms with Crippen molar-refractivity contribution in [2.75, 3.05) is 23.3 Å². The molecule has 2 heterocycles. The van der Waals surface area contributed by atoms with Gasteiger partial charge in [0.25, 0.3) is 0 Å². The molecular formula is C21H22N4O. The Morgan fingerprint density at radius 2 is 1.58 bits per heavy atom. The molecule has 5 heteroatoms. The van der Waals surface area contributed by atoms with Gasteiger partial charge < -0.3 is 15.0 Å². The third kappa shape index (κ3) is 3.94. The molecule has 2 aromatic carbocycles. The summed E-state index contributed by atoms with van der Waals surface area (Å²) in [7, 11) is 0. The van der Waals surface area contributed by atoms with Crippen LogP contribution in [0.1, 0.15) is 18.7 Å². The maximum absolute atomic E-state index is 5.83. The van der Waals surface area contributed by atoms with E-state index in [9.17, 15) is 0 Å². The third-order valence-electron chi connectivity index (χ3n) is 4.36. The molecule has 1 aliphatic heterocycles. The van der Waals surface area contributed by atoms with Gasteiger partial charge in [0.2, 0.25) is 0 Å². The molecule has 0 bridgehead atoms. The summed E-state index contributed by atoms with van der Waals surface area (Å²) in [4.78, 5) is 11.4. The molecule has 1 saturated heterocycles. The largest absolute Gasteiger partial charge is 0.457 e. The Morgan fingerprint density at radius 3 is 2.31 bits per heavy atom. The molecule has 26 heavy (non-hydrogen) atoms. The fraction of sp³-hybridized carbons (Fsp3) is 0.238. The van der Waals surface area contributed by atoms with Crippen molar-refractivity contribution in [3.05, 3.63) is 66.5 Å². The summed E-state index contributed by atoms with van der Waals surface area (Å²) in [5.74, 6) is 4.23. The van der Waals surface area contributed by atoms with Crippen LogP contribution in [0.25, 0.3) is 0 Å². The summed E-state index contributed by atoms with van der Waals surface area (Å²) in [6.07, 6.45) is 2.46. The van der Waals surface area contributed by atoms with E-state index in [-0.39, 0.29) is 0 Å². The number of anilines is 3. The zero-order chi connectivity index (χ0) is 17.8. The minimum Gasteiger partial charge on any atom is -0.457 e. The number of ether oxygens (including phenoxy) is 1. The van der Waals surface area contributed by atoms with Crippen LogP contribution >= 0.6 is 0 Å². The molecule has 0 aliphatic carbocycles. The Morgan fingerprint density at radius 1 is 0.885 bits per heavy atom. The Kier molecular flexibility index (Phi) is 4.69. The van der Waals surface area contributed by atoms with Crippen molar-refractivity contribution in [1.29, 1.82) is 0 Å². The van der Waals surface area contributed by atoms with Gasteiger partial charge in [-0.05, 0) is 56.2 Å². The lowest BCUT2D eigenvalue weighted by Crippen LogP contribution is -2.19. The first-order valence-electron chi connectivity index (χ1n) is 8.97. The smallest absolute Gasteiger partial charge is 0.136 e. The van der Waals surface area contributed by atoms with Crippen molar-refractivity contribution in [3.8, 4) is 11.5 Å². The van der Waals surface area contributed by atoms with Gasteiger partial charge in [-0.25, -0.2) is 9.97 Å². The van der Waals surface area contributed by atoms with Crippen LogP contribution in [0, 0.1) is 6.92 Å². The zero-order valence-electron chi connectivity index (χ0n) is 14.9. The second-order valence-electron chi connectivity index (χ2n) is 6.42. The first-order chi connectivity index (χ1) is 12.8. The molecule has 5 nitrogen and oxygen atoms in total. The van der Waals surface area contributed by atoms with Gasteiger partial charge in [0.1, 0.15) is 29.0 Å². The normalized spacial score (nSPS) is 13.7. The van der Waals surface area contributed by atoms with Crippen LogP contribution < -0.4 is 15.0 Å². The number of aromatic nitrogens is 2. The number of rotatable bonds is 5. The van der Waals surface area contributed by atoms with Crippen LogP contribution in [-0.4, -0.2) is 23.1 Å². The van der Waals surface area contributed by atoms with Gasteiger partial charge in [0.15, 0.2) is 0 Å². The number of aryl methyl sites for hydroxylation is 1. The molecule has 0 unspecified atom stereocenters. The standard InChI is InChI=1S/C21H22N4O/c1-16-22-20(15-21(23-16)25-13-5-6-14-25)24-17-9-11-19(12-10-17)26-18-7-3-2-4-8-18/h2-4,7-12,15H,5-6,13-14H2,1H3,(H,22,23,24). The topological polar surface area (TPSA) is 50.3 Å². The van der Waals surface area contributed by atoms with Gasteiger partial charge >= 0.3 is 0 Å². The Bertz CT molecular complexity index is 859. The van der Waals surface area contributed by atoms with E-state index >= 15 is 0 Å². The van der Waals surface area contributed by atoms with Crippen molar-refractivity contribution in [2.24, 2.45) is 0 Å². The van der Waals surface area contributed by atoms with Crippen LogP contribution in [0.2, 0.25) is 0 Å². The highest BCUT2D eigenvalue weighted by atomic mass is 16.5. The Hall–Kier alpha value is -3.08. The van der Waals surface area contributed by atoms with E-state index in [1.807, 2.05) is 67.6 Å². The van der Waals surface area contributed by atoms with Gasteiger partial charge in [-0.1, -0.05) is 18.2 Å². The maximum atomic E-state index is 5.83. The van der Waals surface area contributed by atoms with Crippen molar-refractivity contribution in [3.63, 3.8) is 0 Å². The van der Waals surface area contributed by atoms with Crippen molar-refractivity contribution in [1.82, 2.24) is 9.97 Å². The molecule has 0 atom stereocenters. The number of para-hydroxylation sites is 1. The average molecular weight is 346 g/mol. The van der Waals surface area contributed by atoms with Crippen molar-refractivity contribution < 1.29 is 4.74 Å². The lowest BCUT2D eigenvalue weighted by molar-refractivity contribution is 0.483. The molecule has 3 aromatic rings. The Labute approximate surface area is 153 Å². The highest BCUT2D eigenvalue weighted by molar-refractivity contribution is 5.60. The molecule has 1 fully saturated rings. The van der Waals surface area contributed by atoms with Crippen LogP contribution in [0.5, 0.6) is 11.5 Å². The zero-order valence-corrected chi connectivity index (χ0v) is 14.9. The molecule has 1 aromatic heterocycles. The fourth-order valence-electron chi connectivity index (χ4n) is 3.10. The average Bonchev–Trinajstić information content (AvgIpc) is 3.19. The fourth-order valence-corrected chi connectivity index (χ4v) is 3.10. The molecule has 4 rings (SSSR count).